The van der Waals surface area contributed by atoms with Crippen LogP contribution < -0.4 is 4.90 Å². The molecular formula is C21H23BrN2O. The maximum Gasteiger partial charge on any atom is 0.0713 e. The first-order valence-electron chi connectivity index (χ1n) is 8.79. The van der Waals surface area contributed by atoms with E-state index in [4.69, 9.17) is 4.74 Å². The third kappa shape index (κ3) is 4.02. The third-order valence-corrected chi connectivity index (χ3v) is 4.96. The van der Waals surface area contributed by atoms with Crippen LogP contribution in [0.3, 0.4) is 0 Å². The zero-order valence-electron chi connectivity index (χ0n) is 14.7. The summed E-state index contributed by atoms with van der Waals surface area (Å²) >= 11 is 3.61. The van der Waals surface area contributed by atoms with Gasteiger partial charge in [-0.25, -0.2) is 0 Å². The van der Waals surface area contributed by atoms with E-state index in [-0.39, 0.29) is 0 Å². The van der Waals surface area contributed by atoms with E-state index in [1.165, 1.54) is 16.8 Å². The van der Waals surface area contributed by atoms with Crippen LogP contribution in [0.2, 0.25) is 0 Å². The van der Waals surface area contributed by atoms with E-state index in [1.54, 1.807) is 0 Å². The van der Waals surface area contributed by atoms with Gasteiger partial charge in [-0.3, -0.25) is 4.98 Å². The Bertz CT molecular complexity index is 827. The molecule has 130 valence electrons. The van der Waals surface area contributed by atoms with Crippen molar-refractivity contribution in [2.24, 2.45) is 0 Å². The second-order valence-corrected chi connectivity index (χ2v) is 6.53. The van der Waals surface area contributed by atoms with E-state index in [1.807, 2.05) is 26.1 Å². The Kier molecular flexibility index (Phi) is 6.05. The molecule has 1 aromatic heterocycles. The van der Waals surface area contributed by atoms with Gasteiger partial charge in [0.05, 0.1) is 18.7 Å². The van der Waals surface area contributed by atoms with Gasteiger partial charge < -0.3 is 9.64 Å². The molecule has 1 saturated heterocycles. The lowest BCUT2D eigenvalue weighted by atomic mass is 10.0. The molecule has 0 saturated carbocycles. The van der Waals surface area contributed by atoms with Crippen LogP contribution in [0.4, 0.5) is 5.69 Å². The maximum absolute atomic E-state index is 5.41. The first kappa shape index (κ1) is 17.9. The first-order valence-corrected chi connectivity index (χ1v) is 9.58. The number of rotatable bonds is 2. The number of benzene rings is 2. The molecule has 4 rings (SSSR count). The minimum absolute atomic E-state index is 0.813. The number of aromatic nitrogens is 1. The Hall–Kier alpha value is -1.91. The lowest BCUT2D eigenvalue weighted by molar-refractivity contribution is 0.122. The van der Waals surface area contributed by atoms with Crippen LogP contribution in [-0.4, -0.2) is 31.3 Å². The lowest BCUT2D eigenvalue weighted by Crippen LogP contribution is -2.36. The van der Waals surface area contributed by atoms with Crippen molar-refractivity contribution in [3.05, 3.63) is 59.2 Å². The molecule has 0 N–H and O–H groups in total. The Morgan fingerprint density at radius 3 is 2.32 bits per heavy atom. The number of nitrogens with zero attached hydrogens (tertiary/aromatic N) is 2. The highest BCUT2D eigenvalue weighted by atomic mass is 79.9. The van der Waals surface area contributed by atoms with Gasteiger partial charge in [-0.1, -0.05) is 48.0 Å². The molecule has 4 heteroatoms. The van der Waals surface area contributed by atoms with Crippen molar-refractivity contribution in [3.8, 4) is 11.1 Å². The highest BCUT2D eigenvalue weighted by molar-refractivity contribution is 9.10. The SMILES string of the molecule is Brc1ccnc2ccc(-c3ccc(N4CCOCC4)cc3)cc12.CC. The van der Waals surface area contributed by atoms with Crippen LogP contribution in [0.25, 0.3) is 22.0 Å². The summed E-state index contributed by atoms with van der Waals surface area (Å²) in [6.45, 7) is 7.56. The van der Waals surface area contributed by atoms with Gasteiger partial charge in [0.25, 0.3) is 0 Å². The molecule has 0 spiro atoms. The molecule has 0 unspecified atom stereocenters. The van der Waals surface area contributed by atoms with Crippen LogP contribution in [-0.2, 0) is 4.74 Å². The molecule has 0 amide bonds. The fourth-order valence-corrected chi connectivity index (χ4v) is 3.41. The van der Waals surface area contributed by atoms with Crippen molar-refractivity contribution in [3.63, 3.8) is 0 Å². The van der Waals surface area contributed by atoms with E-state index < -0.39 is 0 Å². The van der Waals surface area contributed by atoms with E-state index >= 15 is 0 Å². The Morgan fingerprint density at radius 1 is 0.920 bits per heavy atom. The summed E-state index contributed by atoms with van der Waals surface area (Å²) in [5, 5.41) is 1.14. The van der Waals surface area contributed by atoms with Crippen molar-refractivity contribution in [1.82, 2.24) is 4.98 Å². The summed E-state index contributed by atoms with van der Waals surface area (Å²) < 4.78 is 6.49. The van der Waals surface area contributed by atoms with Gasteiger partial charge in [-0.2, -0.15) is 0 Å². The summed E-state index contributed by atoms with van der Waals surface area (Å²) in [5.41, 5.74) is 4.70. The molecule has 1 aliphatic heterocycles. The average molecular weight is 399 g/mol. The van der Waals surface area contributed by atoms with Crippen molar-refractivity contribution in [2.45, 2.75) is 13.8 Å². The van der Waals surface area contributed by atoms with E-state index in [2.05, 4.69) is 68.3 Å². The zero-order valence-corrected chi connectivity index (χ0v) is 16.3. The minimum atomic E-state index is 0.813. The van der Waals surface area contributed by atoms with Crippen molar-refractivity contribution < 1.29 is 4.74 Å². The van der Waals surface area contributed by atoms with E-state index in [0.717, 1.165) is 41.7 Å². The van der Waals surface area contributed by atoms with Gasteiger partial charge in [0.1, 0.15) is 0 Å². The molecule has 2 aromatic carbocycles. The number of anilines is 1. The number of hydrogen-bond acceptors (Lipinski definition) is 3. The fourth-order valence-electron chi connectivity index (χ4n) is 2.98. The van der Waals surface area contributed by atoms with Gasteiger partial charge in [0.2, 0.25) is 0 Å². The van der Waals surface area contributed by atoms with E-state index in [0.29, 0.717) is 0 Å². The summed E-state index contributed by atoms with van der Waals surface area (Å²) in [7, 11) is 0. The predicted molar refractivity (Wildman–Crippen MR) is 109 cm³/mol. The monoisotopic (exact) mass is 398 g/mol. The van der Waals surface area contributed by atoms with Gasteiger partial charge in [0, 0.05) is 34.8 Å². The van der Waals surface area contributed by atoms with E-state index in [9.17, 15) is 0 Å². The Balaban J connectivity index is 0.000000880. The third-order valence-electron chi connectivity index (χ3n) is 4.27. The average Bonchev–Trinajstić information content (AvgIpc) is 2.70. The largest absolute Gasteiger partial charge is 0.378 e. The molecule has 0 bridgehead atoms. The fraction of sp³-hybridized carbons (Fsp3) is 0.286. The van der Waals surface area contributed by atoms with Crippen molar-refractivity contribution >= 4 is 32.5 Å². The molecule has 25 heavy (non-hydrogen) atoms. The van der Waals surface area contributed by atoms with Crippen LogP contribution >= 0.6 is 15.9 Å². The molecule has 1 fully saturated rings. The van der Waals surface area contributed by atoms with Crippen molar-refractivity contribution in [2.75, 3.05) is 31.2 Å². The second-order valence-electron chi connectivity index (χ2n) is 5.67. The summed E-state index contributed by atoms with van der Waals surface area (Å²) in [4.78, 5) is 6.77. The van der Waals surface area contributed by atoms with Gasteiger partial charge in [0.15, 0.2) is 0 Å². The number of hydrogen-bond donors (Lipinski definition) is 0. The molecule has 0 radical (unpaired) electrons. The molecule has 0 atom stereocenters. The van der Waals surface area contributed by atoms with Gasteiger partial charge in [-0.05, 0) is 41.5 Å². The number of ether oxygens (including phenoxy) is 1. The number of morpholine rings is 1. The van der Waals surface area contributed by atoms with Crippen LogP contribution in [0.5, 0.6) is 0 Å². The van der Waals surface area contributed by atoms with Crippen LogP contribution in [0, 0.1) is 0 Å². The lowest BCUT2D eigenvalue weighted by Gasteiger charge is -2.28. The first-order chi connectivity index (χ1) is 12.3. The van der Waals surface area contributed by atoms with Gasteiger partial charge in [-0.15, -0.1) is 0 Å². The Labute approximate surface area is 157 Å². The highest BCUT2D eigenvalue weighted by Gasteiger charge is 2.11. The normalized spacial score (nSPS) is 14.1. The predicted octanol–water partition coefficient (Wildman–Crippen LogP) is 5.53. The van der Waals surface area contributed by atoms with Gasteiger partial charge >= 0.3 is 0 Å². The minimum Gasteiger partial charge on any atom is -0.378 e. The summed E-state index contributed by atoms with van der Waals surface area (Å²) in [5.74, 6) is 0. The quantitative estimate of drug-likeness (QED) is 0.567. The summed E-state index contributed by atoms with van der Waals surface area (Å²) in [6, 6.07) is 17.2. The molecule has 0 aliphatic carbocycles. The second kappa shape index (κ2) is 8.45. The smallest absolute Gasteiger partial charge is 0.0713 e. The number of halogens is 1. The topological polar surface area (TPSA) is 25.4 Å². The standard InChI is InChI=1S/C19H17BrN2O.C2H6/c20-18-7-8-21-19-6-3-15(13-17(18)19)14-1-4-16(5-2-14)22-9-11-23-12-10-22;1-2/h1-8,13H,9-12H2;1-2H3. The summed E-state index contributed by atoms with van der Waals surface area (Å²) in [6.07, 6.45) is 1.82. The highest BCUT2D eigenvalue weighted by Crippen LogP contribution is 2.29. The molecule has 3 aromatic rings. The number of pyridine rings is 1. The maximum atomic E-state index is 5.41. The van der Waals surface area contributed by atoms with Crippen molar-refractivity contribution in [1.29, 1.82) is 0 Å². The zero-order chi connectivity index (χ0) is 17.6. The molecule has 1 aliphatic rings. The molecule has 2 heterocycles. The molecular weight excluding hydrogens is 376 g/mol. The van der Waals surface area contributed by atoms with Crippen LogP contribution in [0.1, 0.15) is 13.8 Å². The number of fused-ring (bicyclic) bond motifs is 1. The Morgan fingerprint density at radius 2 is 1.60 bits per heavy atom. The molecule has 3 nitrogen and oxygen atoms in total. The van der Waals surface area contributed by atoms with Crippen LogP contribution in [0.15, 0.2) is 59.2 Å².